The first-order valence-corrected chi connectivity index (χ1v) is 19.6. The molecule has 56 heavy (non-hydrogen) atoms. The highest BCUT2D eigenvalue weighted by Gasteiger charge is 2.21. The van der Waals surface area contributed by atoms with Crippen LogP contribution in [0.1, 0.15) is 25.7 Å². The molecule has 0 bridgehead atoms. The number of aldehydes is 1. The maximum absolute atomic E-state index is 10.9. The number of fused-ring (bicyclic) bond motifs is 6. The third kappa shape index (κ3) is 6.64. The molecule has 2 aromatic carbocycles. The van der Waals surface area contributed by atoms with Crippen molar-refractivity contribution in [3.05, 3.63) is 110 Å². The zero-order chi connectivity index (χ0) is 38.2. The highest BCUT2D eigenvalue weighted by molar-refractivity contribution is 6.09. The zero-order valence-corrected chi connectivity index (χ0v) is 31.9. The summed E-state index contributed by atoms with van der Waals surface area (Å²) in [6.45, 7) is 4.02. The van der Waals surface area contributed by atoms with Crippen LogP contribution in [0, 0.1) is 11.8 Å². The van der Waals surface area contributed by atoms with Gasteiger partial charge in [0.1, 0.15) is 17.9 Å². The molecular weight excluding hydrogens is 697 g/mol. The van der Waals surface area contributed by atoms with E-state index in [0.717, 1.165) is 86.5 Å². The van der Waals surface area contributed by atoms with Crippen molar-refractivity contribution in [2.24, 2.45) is 25.9 Å². The number of carbonyl (C=O) groups is 1. The molecule has 0 atom stereocenters. The lowest BCUT2D eigenvalue weighted by molar-refractivity contribution is -0.111. The Balaban J connectivity index is 0.000000146. The molecule has 2 fully saturated rings. The van der Waals surface area contributed by atoms with E-state index in [1.807, 2.05) is 37.2 Å². The van der Waals surface area contributed by atoms with Gasteiger partial charge in [0.2, 0.25) is 0 Å². The summed E-state index contributed by atoms with van der Waals surface area (Å²) in [6, 6.07) is 25.8. The molecule has 2 aliphatic rings. The molecule has 0 aliphatic carbocycles. The number of aromatic nitrogens is 6. The number of piperidine rings is 2. The van der Waals surface area contributed by atoms with Crippen molar-refractivity contribution in [1.29, 1.82) is 0 Å². The van der Waals surface area contributed by atoms with Gasteiger partial charge < -0.3 is 28.8 Å². The minimum Gasteiger partial charge on any atom is -0.396 e. The van der Waals surface area contributed by atoms with Gasteiger partial charge in [0, 0.05) is 134 Å². The second kappa shape index (κ2) is 15.2. The second-order valence-electron chi connectivity index (χ2n) is 15.3. The molecule has 10 rings (SSSR count). The molecule has 10 heteroatoms. The smallest absolute Gasteiger partial charge is 0.128 e. The highest BCUT2D eigenvalue weighted by atomic mass is 16.3. The number of benzene rings is 2. The molecule has 6 aromatic heterocycles. The maximum Gasteiger partial charge on any atom is 0.128 e. The number of hydrogen-bond donors (Lipinski definition) is 1. The van der Waals surface area contributed by atoms with Gasteiger partial charge >= 0.3 is 0 Å². The Bertz CT molecular complexity index is 2650. The highest BCUT2D eigenvalue weighted by Crippen LogP contribution is 2.33. The van der Waals surface area contributed by atoms with Gasteiger partial charge in [-0.15, -0.1) is 0 Å². The molecule has 0 unspecified atom stereocenters. The van der Waals surface area contributed by atoms with Crippen molar-refractivity contribution in [2.75, 3.05) is 42.6 Å². The van der Waals surface area contributed by atoms with Gasteiger partial charge in [-0.25, -0.2) is 9.97 Å². The number of aliphatic hydroxyl groups excluding tert-OH is 1. The van der Waals surface area contributed by atoms with Crippen LogP contribution in [0.4, 0.5) is 11.6 Å². The van der Waals surface area contributed by atoms with Crippen LogP contribution < -0.4 is 9.80 Å². The molecule has 8 heterocycles. The summed E-state index contributed by atoms with van der Waals surface area (Å²) in [5, 5.41) is 14.1. The standard InChI is InChI=1S/C23H24N4O.C23H22N4O/c2*1-26-21-6-9-24-14-20(21)19-4-2-17(12-22(19)26)18-3-5-23(25-13-18)27-10-7-16(15-28)8-11-27/h2-6,9,12-14,16,28H,7-8,10-11,15H2,1H3;2-6,9,12-16H,7-8,10-11H2,1H3. The van der Waals surface area contributed by atoms with Crippen LogP contribution >= 0.6 is 0 Å². The first kappa shape index (κ1) is 35.6. The van der Waals surface area contributed by atoms with Crippen LogP contribution in [0.5, 0.6) is 0 Å². The van der Waals surface area contributed by atoms with Gasteiger partial charge in [-0.3, -0.25) is 9.97 Å². The Kier molecular flexibility index (Phi) is 9.65. The number of carbonyl (C=O) groups excluding carboxylic acids is 1. The molecule has 1 N–H and O–H groups in total. The molecule has 8 aromatic rings. The van der Waals surface area contributed by atoms with E-state index in [1.165, 1.54) is 49.2 Å². The summed E-state index contributed by atoms with van der Waals surface area (Å²) < 4.78 is 4.44. The molecule has 282 valence electrons. The van der Waals surface area contributed by atoms with Crippen LogP contribution in [-0.4, -0.2) is 73.2 Å². The third-order valence-corrected chi connectivity index (χ3v) is 12.0. The van der Waals surface area contributed by atoms with Crippen molar-refractivity contribution < 1.29 is 9.90 Å². The fourth-order valence-electron chi connectivity index (χ4n) is 8.56. The fourth-order valence-corrected chi connectivity index (χ4v) is 8.56. The molecule has 0 amide bonds. The summed E-state index contributed by atoms with van der Waals surface area (Å²) in [6.07, 6.45) is 16.5. The minimum atomic E-state index is 0.207. The van der Waals surface area contributed by atoms with Gasteiger partial charge in [-0.1, -0.05) is 24.3 Å². The lowest BCUT2D eigenvalue weighted by Crippen LogP contribution is -2.35. The van der Waals surface area contributed by atoms with Crippen LogP contribution in [0.3, 0.4) is 0 Å². The Hall–Kier alpha value is -6.13. The van der Waals surface area contributed by atoms with E-state index in [9.17, 15) is 9.90 Å². The number of aryl methyl sites for hydroxylation is 2. The van der Waals surface area contributed by atoms with Crippen LogP contribution in [0.15, 0.2) is 110 Å². The quantitative estimate of drug-likeness (QED) is 0.170. The van der Waals surface area contributed by atoms with E-state index in [0.29, 0.717) is 12.5 Å². The maximum atomic E-state index is 10.9. The van der Waals surface area contributed by atoms with Gasteiger partial charge in [0.25, 0.3) is 0 Å². The van der Waals surface area contributed by atoms with Crippen molar-refractivity contribution in [1.82, 2.24) is 29.1 Å². The van der Waals surface area contributed by atoms with E-state index in [-0.39, 0.29) is 5.92 Å². The fraction of sp³-hybridized carbons (Fsp3) is 0.283. The van der Waals surface area contributed by atoms with Crippen molar-refractivity contribution in [3.63, 3.8) is 0 Å². The SMILES string of the molecule is Cn1c2ccncc2c2ccc(-c3ccc(N4CCC(C=O)CC4)nc3)cc21.Cn1c2ccncc2c2ccc(-c3ccc(N4CCC(CO)CC4)nc3)cc21. The normalized spacial score (nSPS) is 15.5. The number of anilines is 2. The van der Waals surface area contributed by atoms with Crippen molar-refractivity contribution in [2.45, 2.75) is 25.7 Å². The van der Waals surface area contributed by atoms with Gasteiger partial charge in [0.05, 0.1) is 11.0 Å². The van der Waals surface area contributed by atoms with Crippen LogP contribution in [-0.2, 0) is 18.9 Å². The Morgan fingerprint density at radius 2 is 1.04 bits per heavy atom. The van der Waals surface area contributed by atoms with Crippen LogP contribution in [0.25, 0.3) is 65.9 Å². The summed E-state index contributed by atoms with van der Waals surface area (Å²) in [5.41, 5.74) is 9.35. The third-order valence-electron chi connectivity index (χ3n) is 12.0. The van der Waals surface area contributed by atoms with E-state index in [1.54, 1.807) is 0 Å². The van der Waals surface area contributed by atoms with Gasteiger partial charge in [-0.05, 0) is 91.3 Å². The topological polar surface area (TPSA) is 105 Å². The predicted molar refractivity (Wildman–Crippen MR) is 226 cm³/mol. The number of aliphatic hydroxyl groups is 1. The van der Waals surface area contributed by atoms with Crippen LogP contribution in [0.2, 0.25) is 0 Å². The first-order chi connectivity index (χ1) is 27.5. The lowest BCUT2D eigenvalue weighted by Gasteiger charge is -2.32. The van der Waals surface area contributed by atoms with E-state index < -0.39 is 0 Å². The monoisotopic (exact) mass is 742 g/mol. The molecule has 0 spiro atoms. The number of rotatable bonds is 6. The molecule has 10 nitrogen and oxygen atoms in total. The number of nitrogens with zero attached hydrogens (tertiary/aromatic N) is 8. The lowest BCUT2D eigenvalue weighted by atomic mass is 9.98. The minimum absolute atomic E-state index is 0.207. The summed E-state index contributed by atoms with van der Waals surface area (Å²) in [4.78, 5) is 33.5. The first-order valence-electron chi connectivity index (χ1n) is 19.6. The zero-order valence-electron chi connectivity index (χ0n) is 31.9. The van der Waals surface area contributed by atoms with Gasteiger partial charge in [-0.2, -0.15) is 0 Å². The van der Waals surface area contributed by atoms with E-state index >= 15 is 0 Å². The number of pyridine rings is 4. The molecular formula is C46H46N8O2. The molecule has 0 radical (unpaired) electrons. The summed E-state index contributed by atoms with van der Waals surface area (Å²) in [5.74, 6) is 2.67. The largest absolute Gasteiger partial charge is 0.396 e. The summed E-state index contributed by atoms with van der Waals surface area (Å²) >= 11 is 0. The predicted octanol–water partition coefficient (Wildman–Crippen LogP) is 8.20. The second-order valence-corrected chi connectivity index (χ2v) is 15.3. The molecule has 2 aliphatic heterocycles. The van der Waals surface area contributed by atoms with E-state index in [4.69, 9.17) is 9.97 Å². The van der Waals surface area contributed by atoms with Gasteiger partial charge in [0.15, 0.2) is 0 Å². The van der Waals surface area contributed by atoms with Crippen molar-refractivity contribution in [3.8, 4) is 22.3 Å². The average molecular weight is 743 g/mol. The summed E-state index contributed by atoms with van der Waals surface area (Å²) in [7, 11) is 4.20. The molecule has 2 saturated heterocycles. The molecule has 0 saturated carbocycles. The Morgan fingerprint density at radius 3 is 1.46 bits per heavy atom. The number of hydrogen-bond acceptors (Lipinski definition) is 8. The average Bonchev–Trinajstić information content (AvgIpc) is 3.73. The Morgan fingerprint density at radius 1 is 0.571 bits per heavy atom. The van der Waals surface area contributed by atoms with E-state index in [2.05, 4.69) is 116 Å². The Labute approximate surface area is 326 Å². The van der Waals surface area contributed by atoms with Crippen molar-refractivity contribution >= 4 is 61.5 Å².